The second-order valence-corrected chi connectivity index (χ2v) is 25.1. The predicted octanol–water partition coefficient (Wildman–Crippen LogP) is 20.2. The summed E-state index contributed by atoms with van der Waals surface area (Å²) in [5.74, 6) is 1.97. The molecule has 0 N–H and O–H groups in total. The molecule has 9 aromatic carbocycles. The molecule has 1 aliphatic rings. The van der Waals surface area contributed by atoms with Crippen molar-refractivity contribution in [1.29, 1.82) is 0 Å². The molecule has 0 atom stereocenters. The molecule has 0 fully saturated rings. The van der Waals surface area contributed by atoms with Crippen molar-refractivity contribution in [1.82, 2.24) is 9.55 Å². The van der Waals surface area contributed by atoms with Gasteiger partial charge in [0.25, 0.3) is 0 Å². The number of aromatic nitrogens is 2. The number of nitrogens with zero attached hydrogens (tertiary/aromatic N) is 4. The smallest absolute Gasteiger partial charge is 0.135 e. The number of pyridine rings is 1. The van der Waals surface area contributed by atoms with Gasteiger partial charge in [0, 0.05) is 72.3 Å². The van der Waals surface area contributed by atoms with Crippen LogP contribution in [-0.4, -0.2) is 9.55 Å². The summed E-state index contributed by atoms with van der Waals surface area (Å²) in [5, 5.41) is 2.18. The Morgan fingerprint density at radius 2 is 1.05 bits per heavy atom. The van der Waals surface area contributed by atoms with Crippen molar-refractivity contribution in [3.8, 4) is 50.7 Å². The van der Waals surface area contributed by atoms with E-state index in [-0.39, 0.29) is 42.7 Å². The maximum atomic E-state index is 6.86. The molecule has 0 bridgehead atoms. The number of hydrogen-bond acceptors (Lipinski definition) is 4. The summed E-state index contributed by atoms with van der Waals surface area (Å²) in [6.45, 7) is 27.3. The predicted molar refractivity (Wildman–Crippen MR) is 335 cm³/mol. The fourth-order valence-electron chi connectivity index (χ4n) is 11.3. The Balaban J connectivity index is 0.00000690. The molecule has 2 aromatic heterocycles. The van der Waals surface area contributed by atoms with Crippen LogP contribution in [0.1, 0.15) is 104 Å². The van der Waals surface area contributed by atoms with Gasteiger partial charge in [-0.05, 0) is 114 Å². The molecule has 0 aliphatic carbocycles. The van der Waals surface area contributed by atoms with Crippen LogP contribution >= 0.6 is 0 Å². The zero-order valence-electron chi connectivity index (χ0n) is 48.3. The van der Waals surface area contributed by atoms with Crippen LogP contribution in [0.4, 0.5) is 22.7 Å². The maximum absolute atomic E-state index is 6.86. The molecule has 6 heteroatoms. The number of para-hydroxylation sites is 1. The van der Waals surface area contributed by atoms with Gasteiger partial charge in [0.15, 0.2) is 0 Å². The number of rotatable bonds is 10. The van der Waals surface area contributed by atoms with Crippen molar-refractivity contribution in [2.75, 3.05) is 9.80 Å². The summed E-state index contributed by atoms with van der Waals surface area (Å²) < 4.78 is 9.11. The molecular formula is C75H69N4OPt-3. The zero-order valence-corrected chi connectivity index (χ0v) is 50.6. The van der Waals surface area contributed by atoms with E-state index in [1.54, 1.807) is 0 Å². The van der Waals surface area contributed by atoms with Gasteiger partial charge >= 0.3 is 0 Å². The van der Waals surface area contributed by atoms with E-state index in [0.717, 1.165) is 72.6 Å². The molecule has 5 nitrogen and oxygen atoms in total. The van der Waals surface area contributed by atoms with Crippen molar-refractivity contribution < 1.29 is 25.8 Å². The quantitative estimate of drug-likeness (QED) is 0.128. The minimum Gasteiger partial charge on any atom is -0.509 e. The second kappa shape index (κ2) is 21.2. The average Bonchev–Trinajstić information content (AvgIpc) is 4.17. The molecule has 11 aromatic rings. The molecule has 0 unspecified atom stereocenters. The van der Waals surface area contributed by atoms with Crippen molar-refractivity contribution >= 4 is 44.6 Å². The zero-order chi connectivity index (χ0) is 55.7. The topological polar surface area (TPSA) is 33.5 Å². The van der Waals surface area contributed by atoms with E-state index >= 15 is 0 Å². The summed E-state index contributed by atoms with van der Waals surface area (Å²) in [6, 6.07) is 81.8. The summed E-state index contributed by atoms with van der Waals surface area (Å²) in [6.07, 6.45) is 2.06. The second-order valence-electron chi connectivity index (χ2n) is 25.1. The van der Waals surface area contributed by atoms with Crippen LogP contribution in [0.3, 0.4) is 0 Å². The number of ether oxygens (including phenoxy) is 1. The van der Waals surface area contributed by atoms with Crippen LogP contribution in [-0.2, 0) is 42.7 Å². The molecule has 0 radical (unpaired) electrons. The van der Waals surface area contributed by atoms with Gasteiger partial charge in [0.1, 0.15) is 5.82 Å². The Morgan fingerprint density at radius 1 is 0.432 bits per heavy atom. The Morgan fingerprint density at radius 3 is 1.78 bits per heavy atom. The third-order valence-corrected chi connectivity index (χ3v) is 16.1. The van der Waals surface area contributed by atoms with E-state index in [9.17, 15) is 0 Å². The molecule has 12 rings (SSSR count). The number of benzene rings is 9. The van der Waals surface area contributed by atoms with E-state index in [1.807, 2.05) is 18.2 Å². The summed E-state index contributed by atoms with van der Waals surface area (Å²) in [7, 11) is 0. The Kier molecular flexibility index (Phi) is 14.4. The first-order valence-corrected chi connectivity index (χ1v) is 28.0. The van der Waals surface area contributed by atoms with Gasteiger partial charge in [0.2, 0.25) is 0 Å². The molecule has 0 saturated carbocycles. The van der Waals surface area contributed by atoms with Gasteiger partial charge in [-0.2, -0.15) is 12.1 Å². The van der Waals surface area contributed by atoms with Gasteiger partial charge in [-0.1, -0.05) is 221 Å². The van der Waals surface area contributed by atoms with Crippen LogP contribution in [0.5, 0.6) is 11.5 Å². The Labute approximate surface area is 494 Å². The standard InChI is InChI=1S/C75H69N4O.Pt/c1-72(2,3)55-35-32-51(33-36-55)65-48-76-71(47-66(65)75(10,11)56-25-16-13-17-26-56)79-67-31-19-18-30-63(67)64-38-37-62(46-69(64)79)80-61-29-21-28-59(45-61)77-49-78(68-39-34-53(43-70(68)77)50-22-14-12-15-23-50)60-42-54(41-58(44-60)74(7,8)9)52-24-20-27-57(40-52)73(4,5)6;/h12-44,47-49H,1-11H3;/q-3;. The number of hydrogen-bond donors (Lipinski definition) is 0. The van der Waals surface area contributed by atoms with Crippen LogP contribution < -0.4 is 14.5 Å². The van der Waals surface area contributed by atoms with Gasteiger partial charge in [-0.3, -0.25) is 0 Å². The van der Waals surface area contributed by atoms with E-state index < -0.39 is 0 Å². The first kappa shape index (κ1) is 55.0. The van der Waals surface area contributed by atoms with Crippen LogP contribution in [0.25, 0.3) is 61.0 Å². The normalized spacial score (nSPS) is 12.9. The summed E-state index contributed by atoms with van der Waals surface area (Å²) in [5.41, 5.74) is 18.8. The Hall–Kier alpha value is -7.98. The van der Waals surface area contributed by atoms with Crippen LogP contribution in [0, 0.1) is 18.8 Å². The Bertz CT molecular complexity index is 4100. The van der Waals surface area contributed by atoms with E-state index in [2.05, 4.69) is 304 Å². The maximum Gasteiger partial charge on any atom is 0.135 e. The van der Waals surface area contributed by atoms with Crippen molar-refractivity contribution in [3.63, 3.8) is 0 Å². The first-order chi connectivity index (χ1) is 38.3. The molecule has 0 saturated heterocycles. The molecule has 1 aliphatic heterocycles. The van der Waals surface area contributed by atoms with E-state index in [1.165, 1.54) is 38.9 Å². The molecule has 81 heavy (non-hydrogen) atoms. The van der Waals surface area contributed by atoms with E-state index in [0.29, 0.717) is 11.5 Å². The fraction of sp³-hybridized carbons (Fsp3) is 0.200. The third kappa shape index (κ3) is 10.7. The SMILES string of the molecule is CC(C)(C)c1ccc(-c2cnc(-n3c4[c-]c(Oc5[c-]c(N6[CH-]N(c7cc(-c8cccc(C(C)(C)C)c8)cc(C(C)(C)C)c7)c7ccc(-c8ccccc8)cc76)ccc5)ccc4c4ccccc43)cc2C(C)(C)c2ccccc2)cc1.[Pt]. The summed E-state index contributed by atoms with van der Waals surface area (Å²) >= 11 is 0. The molecule has 408 valence electrons. The average molecular weight is 1240 g/mol. The molecule has 3 heterocycles. The third-order valence-electron chi connectivity index (χ3n) is 16.1. The first-order valence-electron chi connectivity index (χ1n) is 28.0. The minimum atomic E-state index is -0.361. The van der Waals surface area contributed by atoms with Crippen molar-refractivity contribution in [2.45, 2.75) is 97.8 Å². The van der Waals surface area contributed by atoms with Crippen molar-refractivity contribution in [3.05, 3.63) is 259 Å². The monoisotopic (exact) mass is 1240 g/mol. The minimum absolute atomic E-state index is 0. The van der Waals surface area contributed by atoms with Gasteiger partial charge in [-0.25, -0.2) is 4.98 Å². The van der Waals surface area contributed by atoms with Gasteiger partial charge in [0.05, 0.1) is 0 Å². The van der Waals surface area contributed by atoms with E-state index in [4.69, 9.17) is 9.72 Å². The van der Waals surface area contributed by atoms with Crippen molar-refractivity contribution in [2.24, 2.45) is 0 Å². The largest absolute Gasteiger partial charge is 0.509 e. The fourth-order valence-corrected chi connectivity index (χ4v) is 11.3. The molecule has 0 amide bonds. The molecule has 0 spiro atoms. The van der Waals surface area contributed by atoms with Crippen LogP contribution in [0.2, 0.25) is 0 Å². The van der Waals surface area contributed by atoms with Gasteiger partial charge in [-0.15, -0.1) is 48.1 Å². The van der Waals surface area contributed by atoms with Crippen LogP contribution in [0.15, 0.2) is 212 Å². The molecular weight excluding hydrogens is 1170 g/mol. The number of fused-ring (bicyclic) bond motifs is 4. The number of anilines is 4. The summed E-state index contributed by atoms with van der Waals surface area (Å²) in [4.78, 5) is 9.88. The van der Waals surface area contributed by atoms with Gasteiger partial charge < -0.3 is 19.1 Å².